The summed E-state index contributed by atoms with van der Waals surface area (Å²) >= 11 is 0. The van der Waals surface area contributed by atoms with Gasteiger partial charge in [0.25, 0.3) is 0 Å². The maximum Gasteiger partial charge on any atom is 0.323 e. The molecule has 0 aromatic carbocycles. The Morgan fingerprint density at radius 1 is 0.850 bits per heavy atom. The molecule has 0 aliphatic heterocycles. The molecular weight excluding hydrogens is 268 g/mol. The average Bonchev–Trinajstić information content (AvgIpc) is 2.30. The summed E-state index contributed by atoms with van der Waals surface area (Å²) in [4.78, 5) is 20.7. The van der Waals surface area contributed by atoms with Gasteiger partial charge in [0.05, 0.1) is 0 Å². The largest absolute Gasteiger partial charge is 0.480 e. The van der Waals surface area contributed by atoms with Crippen molar-refractivity contribution in [2.45, 2.75) is 36.8 Å². The van der Waals surface area contributed by atoms with Crippen molar-refractivity contribution in [1.29, 1.82) is 0 Å². The Hall–Kier alpha value is -1.22. The van der Waals surface area contributed by atoms with Crippen LogP contribution in [0.3, 0.4) is 0 Å². The molecule has 20 heavy (non-hydrogen) atoms. The minimum atomic E-state index is -1.05. The van der Waals surface area contributed by atoms with Crippen molar-refractivity contribution in [1.82, 2.24) is 0 Å². The van der Waals surface area contributed by atoms with Crippen LogP contribution in [0.5, 0.6) is 0 Å². The van der Waals surface area contributed by atoms with E-state index in [0.717, 1.165) is 0 Å². The predicted octanol–water partition coefficient (Wildman–Crippen LogP) is -1.66. The molecule has 0 saturated heterocycles. The number of hydrogen-bond donors (Lipinski definition) is 6. The fourth-order valence-electron chi connectivity index (χ4n) is 2.55. The fourth-order valence-corrected chi connectivity index (χ4v) is 2.55. The van der Waals surface area contributed by atoms with Crippen molar-refractivity contribution in [3.63, 3.8) is 0 Å². The molecule has 2 fully saturated rings. The van der Waals surface area contributed by atoms with E-state index in [2.05, 4.69) is 0 Å². The first-order valence-electron chi connectivity index (χ1n) is 6.43. The Kier molecular flexibility index (Phi) is 5.09. The Labute approximate surface area is 116 Å². The second-order valence-corrected chi connectivity index (χ2v) is 5.84. The van der Waals surface area contributed by atoms with Gasteiger partial charge in [0.15, 0.2) is 0 Å². The second kappa shape index (κ2) is 6.04. The van der Waals surface area contributed by atoms with Gasteiger partial charge in [-0.15, -0.1) is 0 Å². The molecule has 0 unspecified atom stereocenters. The molecule has 0 amide bonds. The minimum absolute atomic E-state index is 0.0478. The highest BCUT2D eigenvalue weighted by atomic mass is 16.4. The molecule has 0 spiro atoms. The van der Waals surface area contributed by atoms with Gasteiger partial charge >= 0.3 is 11.9 Å². The van der Waals surface area contributed by atoms with Crippen LogP contribution in [0.2, 0.25) is 0 Å². The van der Waals surface area contributed by atoms with Gasteiger partial charge in [-0.1, -0.05) is 0 Å². The number of rotatable bonds is 4. The zero-order valence-corrected chi connectivity index (χ0v) is 11.2. The molecular formula is C12H22N2O6. The van der Waals surface area contributed by atoms with Gasteiger partial charge in [0.2, 0.25) is 0 Å². The number of aliphatic carboxylic acids is 2. The highest BCUT2D eigenvalue weighted by Gasteiger charge is 2.47. The van der Waals surface area contributed by atoms with Gasteiger partial charge in [-0.3, -0.25) is 9.59 Å². The Morgan fingerprint density at radius 3 is 1.25 bits per heavy atom. The highest BCUT2D eigenvalue weighted by Crippen LogP contribution is 2.35. The van der Waals surface area contributed by atoms with Crippen LogP contribution in [0.4, 0.5) is 0 Å². The Bertz CT molecular complexity index is 338. The number of aliphatic hydroxyl groups is 2. The first-order valence-corrected chi connectivity index (χ1v) is 6.43. The monoisotopic (exact) mass is 290 g/mol. The average molecular weight is 290 g/mol. The molecule has 0 heterocycles. The maximum absolute atomic E-state index is 10.4. The van der Waals surface area contributed by atoms with Gasteiger partial charge in [0, 0.05) is 13.2 Å². The highest BCUT2D eigenvalue weighted by molar-refractivity contribution is 5.80. The number of hydrogen-bond acceptors (Lipinski definition) is 6. The standard InChI is InChI=1S/2C6H11NO3/c2*7-6(5(9)10)1-4(2-6)3-8/h2*4,8H,1-3,7H2,(H,9,10). The van der Waals surface area contributed by atoms with E-state index in [4.69, 9.17) is 31.9 Å². The molecule has 8 N–H and O–H groups in total. The lowest BCUT2D eigenvalue weighted by atomic mass is 9.69. The molecule has 0 atom stereocenters. The summed E-state index contributed by atoms with van der Waals surface area (Å²) in [6.07, 6.45) is 1.61. The van der Waals surface area contributed by atoms with Gasteiger partial charge in [-0.2, -0.15) is 0 Å². The first kappa shape index (κ1) is 16.8. The molecule has 0 radical (unpaired) electrons. The number of carboxylic acid groups (broad SMARTS) is 2. The van der Waals surface area contributed by atoms with Gasteiger partial charge < -0.3 is 31.9 Å². The van der Waals surface area contributed by atoms with Gasteiger partial charge in [0.1, 0.15) is 11.1 Å². The van der Waals surface area contributed by atoms with Crippen LogP contribution in [0.25, 0.3) is 0 Å². The van der Waals surface area contributed by atoms with E-state index in [1.807, 2.05) is 0 Å². The molecule has 2 aliphatic carbocycles. The Morgan fingerprint density at radius 2 is 1.10 bits per heavy atom. The quantitative estimate of drug-likeness (QED) is 0.357. The van der Waals surface area contributed by atoms with E-state index in [9.17, 15) is 9.59 Å². The van der Waals surface area contributed by atoms with Crippen LogP contribution < -0.4 is 11.5 Å². The van der Waals surface area contributed by atoms with Crippen molar-refractivity contribution in [2.24, 2.45) is 23.3 Å². The molecule has 0 bridgehead atoms. The van der Waals surface area contributed by atoms with Crippen molar-refractivity contribution in [3.8, 4) is 0 Å². The van der Waals surface area contributed by atoms with E-state index >= 15 is 0 Å². The molecule has 116 valence electrons. The summed E-state index contributed by atoms with van der Waals surface area (Å²) in [6.45, 7) is 0.0957. The lowest BCUT2D eigenvalue weighted by Crippen LogP contribution is -2.58. The number of carboxylic acids is 2. The van der Waals surface area contributed by atoms with Crippen LogP contribution in [-0.2, 0) is 9.59 Å². The topological polar surface area (TPSA) is 167 Å². The minimum Gasteiger partial charge on any atom is -0.480 e. The Balaban J connectivity index is 0.000000200. The first-order chi connectivity index (χ1) is 9.16. The van der Waals surface area contributed by atoms with E-state index < -0.39 is 23.0 Å². The molecule has 8 nitrogen and oxygen atoms in total. The lowest BCUT2D eigenvalue weighted by molar-refractivity contribution is -0.150. The zero-order valence-electron chi connectivity index (χ0n) is 11.2. The molecule has 2 rings (SSSR count). The normalized spacial score (nSPS) is 38.8. The third-order valence-electron chi connectivity index (χ3n) is 3.98. The second-order valence-electron chi connectivity index (χ2n) is 5.84. The fraction of sp³-hybridized carbons (Fsp3) is 0.833. The number of aliphatic hydroxyl groups excluding tert-OH is 2. The third-order valence-corrected chi connectivity index (χ3v) is 3.98. The number of carbonyl (C=O) groups is 2. The van der Waals surface area contributed by atoms with Crippen LogP contribution in [-0.4, -0.2) is 56.7 Å². The van der Waals surface area contributed by atoms with Crippen LogP contribution in [0, 0.1) is 11.8 Å². The summed E-state index contributed by atoms with van der Waals surface area (Å²) < 4.78 is 0. The summed E-state index contributed by atoms with van der Waals surface area (Å²) in [6, 6.07) is 0. The summed E-state index contributed by atoms with van der Waals surface area (Å²) in [5.74, 6) is -1.73. The molecule has 8 heteroatoms. The summed E-state index contributed by atoms with van der Waals surface area (Å²) in [7, 11) is 0. The molecule has 2 saturated carbocycles. The SMILES string of the molecule is NC1(C(=O)O)CC(CO)C1.NC1(C(=O)O)CC(CO)C1. The van der Waals surface area contributed by atoms with Crippen molar-refractivity contribution < 1.29 is 30.0 Å². The summed E-state index contributed by atoms with van der Waals surface area (Å²) in [5.41, 5.74) is 8.71. The van der Waals surface area contributed by atoms with Crippen molar-refractivity contribution in [2.75, 3.05) is 13.2 Å². The maximum atomic E-state index is 10.4. The van der Waals surface area contributed by atoms with Gasteiger partial charge in [-0.05, 0) is 37.5 Å². The smallest absolute Gasteiger partial charge is 0.323 e. The molecule has 2 aliphatic rings. The molecule has 0 aromatic rings. The zero-order chi connectivity index (χ0) is 15.6. The predicted molar refractivity (Wildman–Crippen MR) is 68.7 cm³/mol. The van der Waals surface area contributed by atoms with E-state index in [1.54, 1.807) is 0 Å². The van der Waals surface area contributed by atoms with Crippen LogP contribution in [0.15, 0.2) is 0 Å². The van der Waals surface area contributed by atoms with E-state index in [-0.39, 0.29) is 25.0 Å². The summed E-state index contributed by atoms with van der Waals surface area (Å²) in [5, 5.41) is 34.1. The van der Waals surface area contributed by atoms with Crippen LogP contribution >= 0.6 is 0 Å². The van der Waals surface area contributed by atoms with Crippen LogP contribution in [0.1, 0.15) is 25.7 Å². The number of nitrogens with two attached hydrogens (primary N) is 2. The lowest BCUT2D eigenvalue weighted by Gasteiger charge is -2.40. The van der Waals surface area contributed by atoms with E-state index in [0.29, 0.717) is 25.7 Å². The van der Waals surface area contributed by atoms with Gasteiger partial charge in [-0.25, -0.2) is 0 Å². The molecule has 0 aromatic heterocycles. The van der Waals surface area contributed by atoms with E-state index in [1.165, 1.54) is 0 Å². The van der Waals surface area contributed by atoms with Crippen molar-refractivity contribution in [3.05, 3.63) is 0 Å². The van der Waals surface area contributed by atoms with Crippen molar-refractivity contribution >= 4 is 11.9 Å². The third kappa shape index (κ3) is 3.45.